The predicted molar refractivity (Wildman–Crippen MR) is 237 cm³/mol. The van der Waals surface area contributed by atoms with E-state index in [0.29, 0.717) is 0 Å². The Labute approximate surface area is 325 Å². The molecule has 9 aromatic carbocycles. The third kappa shape index (κ3) is 5.26. The Morgan fingerprint density at radius 3 is 0.839 bits per heavy atom. The van der Waals surface area contributed by atoms with Gasteiger partial charge in [0.25, 0.3) is 0 Å². The fraction of sp³-hybridized carbons (Fsp3) is 0. The van der Waals surface area contributed by atoms with Gasteiger partial charge in [0, 0.05) is 32.9 Å². The maximum Gasteiger partial charge on any atom is 0.0788 e. The molecule has 0 spiro atoms. The fourth-order valence-electron chi connectivity index (χ4n) is 8.63. The molecule has 0 radical (unpaired) electrons. The Morgan fingerprint density at radius 1 is 0.214 bits per heavy atom. The van der Waals surface area contributed by atoms with E-state index < -0.39 is 0 Å². The topological polar surface area (TPSA) is 9.86 Å². The maximum absolute atomic E-state index is 2.49. The summed E-state index contributed by atoms with van der Waals surface area (Å²) in [4.78, 5) is 0. The van der Waals surface area contributed by atoms with Crippen LogP contribution >= 0.6 is 0 Å². The van der Waals surface area contributed by atoms with Crippen molar-refractivity contribution in [2.24, 2.45) is 0 Å². The largest absolute Gasteiger partial charge is 0.307 e. The number of rotatable bonds is 6. The van der Waals surface area contributed by atoms with Crippen molar-refractivity contribution in [1.29, 1.82) is 0 Å². The van der Waals surface area contributed by atoms with Crippen LogP contribution in [0.5, 0.6) is 0 Å². The molecular weight excluding hydrogens is 677 g/mol. The van der Waals surface area contributed by atoms with Gasteiger partial charge in [0.2, 0.25) is 0 Å². The van der Waals surface area contributed by atoms with E-state index in [9.17, 15) is 0 Å². The molecule has 0 aliphatic carbocycles. The molecular formula is C54H36N2. The van der Waals surface area contributed by atoms with Crippen LogP contribution in [-0.2, 0) is 0 Å². The normalized spacial score (nSPS) is 11.6. The summed E-state index contributed by atoms with van der Waals surface area (Å²) in [7, 11) is 0. The molecule has 0 N–H and O–H groups in total. The molecule has 2 nitrogen and oxygen atoms in total. The van der Waals surface area contributed by atoms with E-state index >= 15 is 0 Å². The number of aromatic nitrogens is 2. The average molecular weight is 713 g/mol. The maximum atomic E-state index is 2.49. The minimum Gasteiger partial charge on any atom is -0.307 e. The lowest BCUT2D eigenvalue weighted by atomic mass is 10.0. The minimum absolute atomic E-state index is 1.13. The number of hydrogen-bond donors (Lipinski definition) is 0. The number of benzene rings is 9. The van der Waals surface area contributed by atoms with Crippen molar-refractivity contribution in [3.8, 4) is 55.9 Å². The summed E-state index contributed by atoms with van der Waals surface area (Å²) in [6.45, 7) is 0. The van der Waals surface area contributed by atoms with E-state index in [1.165, 1.54) is 88.1 Å². The van der Waals surface area contributed by atoms with Crippen molar-refractivity contribution in [2.45, 2.75) is 0 Å². The van der Waals surface area contributed by atoms with E-state index in [0.717, 1.165) is 11.4 Å². The fourth-order valence-corrected chi connectivity index (χ4v) is 8.63. The molecule has 0 atom stereocenters. The van der Waals surface area contributed by atoms with Crippen molar-refractivity contribution in [1.82, 2.24) is 9.13 Å². The van der Waals surface area contributed by atoms with Crippen molar-refractivity contribution in [3.63, 3.8) is 0 Å². The molecule has 0 fully saturated rings. The molecule has 0 saturated carbocycles. The van der Waals surface area contributed by atoms with E-state index in [4.69, 9.17) is 0 Å². The molecule has 56 heavy (non-hydrogen) atoms. The van der Waals surface area contributed by atoms with Crippen LogP contribution in [0.1, 0.15) is 0 Å². The van der Waals surface area contributed by atoms with E-state index in [2.05, 4.69) is 228 Å². The molecule has 262 valence electrons. The van der Waals surface area contributed by atoms with Gasteiger partial charge in [0.15, 0.2) is 0 Å². The average Bonchev–Trinajstić information content (AvgIpc) is 3.80. The predicted octanol–water partition coefficient (Wildman–Crippen LogP) is 14.5. The molecule has 0 aliphatic rings. The highest BCUT2D eigenvalue weighted by molar-refractivity contribution is 6.24. The highest BCUT2D eigenvalue weighted by Crippen LogP contribution is 2.44. The first-order chi connectivity index (χ1) is 27.8. The number of nitrogens with zero attached hydrogens (tertiary/aromatic N) is 2. The molecule has 0 saturated heterocycles. The van der Waals surface area contributed by atoms with Gasteiger partial charge < -0.3 is 9.13 Å². The number of fused-ring (bicyclic) bond motifs is 7. The molecule has 11 aromatic rings. The Kier molecular flexibility index (Phi) is 7.53. The molecule has 0 aliphatic heterocycles. The van der Waals surface area contributed by atoms with Gasteiger partial charge in [-0.25, -0.2) is 0 Å². The van der Waals surface area contributed by atoms with Crippen LogP contribution in [0.2, 0.25) is 0 Å². The van der Waals surface area contributed by atoms with Crippen LogP contribution in [0.3, 0.4) is 0 Å². The standard InChI is InChI=1S/C54H36N2/c1-5-13-37(14-6-1)41-21-27-45(28-22-41)55-51-33-25-43(39-17-9-3-10-18-39)35-49(51)47-31-32-48-50-36-44(40-19-11-4-12-20-40)26-34-52(50)56(54(48)53(47)55)46-29-23-42(24-30-46)38-15-7-2-8-16-38/h1-36H. The monoisotopic (exact) mass is 712 g/mol. The van der Waals surface area contributed by atoms with Crippen molar-refractivity contribution in [3.05, 3.63) is 218 Å². The summed E-state index contributed by atoms with van der Waals surface area (Å²) in [5, 5.41) is 4.92. The summed E-state index contributed by atoms with van der Waals surface area (Å²) >= 11 is 0. The van der Waals surface area contributed by atoms with E-state index in [1.807, 2.05) is 0 Å². The first kappa shape index (κ1) is 32.0. The molecule has 0 unspecified atom stereocenters. The zero-order chi connectivity index (χ0) is 37.0. The lowest BCUT2D eigenvalue weighted by molar-refractivity contribution is 1.15. The summed E-state index contributed by atoms with van der Waals surface area (Å²) in [5.41, 5.74) is 16.7. The molecule has 0 amide bonds. The third-order valence-electron chi connectivity index (χ3n) is 11.3. The Morgan fingerprint density at radius 2 is 0.500 bits per heavy atom. The van der Waals surface area contributed by atoms with Crippen LogP contribution < -0.4 is 0 Å². The lowest BCUT2D eigenvalue weighted by Gasteiger charge is -2.14. The molecule has 11 rings (SSSR count). The van der Waals surface area contributed by atoms with E-state index in [-0.39, 0.29) is 0 Å². The molecule has 2 heteroatoms. The van der Waals surface area contributed by atoms with Crippen LogP contribution in [0, 0.1) is 0 Å². The van der Waals surface area contributed by atoms with Gasteiger partial charge in [0.1, 0.15) is 0 Å². The summed E-state index contributed by atoms with van der Waals surface area (Å²) in [6.07, 6.45) is 0. The van der Waals surface area contributed by atoms with Gasteiger partial charge >= 0.3 is 0 Å². The Hall–Kier alpha value is -7.42. The van der Waals surface area contributed by atoms with Gasteiger partial charge in [-0.05, 0) is 93.0 Å². The summed E-state index contributed by atoms with van der Waals surface area (Å²) < 4.78 is 4.98. The van der Waals surface area contributed by atoms with Crippen molar-refractivity contribution >= 4 is 43.6 Å². The first-order valence-electron chi connectivity index (χ1n) is 19.3. The second kappa shape index (κ2) is 13.2. The second-order valence-corrected chi connectivity index (χ2v) is 14.6. The highest BCUT2D eigenvalue weighted by atomic mass is 15.0. The van der Waals surface area contributed by atoms with Crippen LogP contribution in [0.25, 0.3) is 99.5 Å². The van der Waals surface area contributed by atoms with Gasteiger partial charge in [-0.3, -0.25) is 0 Å². The Bertz CT molecular complexity index is 2960. The van der Waals surface area contributed by atoms with Crippen molar-refractivity contribution in [2.75, 3.05) is 0 Å². The molecule has 2 aromatic heterocycles. The Balaban J connectivity index is 1.24. The van der Waals surface area contributed by atoms with Gasteiger partial charge in [0.05, 0.1) is 22.1 Å². The lowest BCUT2D eigenvalue weighted by Crippen LogP contribution is -1.99. The third-order valence-corrected chi connectivity index (χ3v) is 11.3. The van der Waals surface area contributed by atoms with Gasteiger partial charge in [-0.2, -0.15) is 0 Å². The number of hydrogen-bond acceptors (Lipinski definition) is 0. The highest BCUT2D eigenvalue weighted by Gasteiger charge is 2.22. The van der Waals surface area contributed by atoms with Crippen LogP contribution in [-0.4, -0.2) is 9.13 Å². The summed E-state index contributed by atoms with van der Waals surface area (Å²) in [6, 6.07) is 79.4. The molecule has 0 bridgehead atoms. The zero-order valence-electron chi connectivity index (χ0n) is 30.7. The van der Waals surface area contributed by atoms with Gasteiger partial charge in [-0.1, -0.05) is 170 Å². The van der Waals surface area contributed by atoms with Gasteiger partial charge in [-0.15, -0.1) is 0 Å². The summed E-state index contributed by atoms with van der Waals surface area (Å²) in [5.74, 6) is 0. The molecule has 2 heterocycles. The quantitative estimate of drug-likeness (QED) is 0.162. The SMILES string of the molecule is c1ccc(-c2ccc(-n3c4ccc(-c5ccccc5)cc4c4ccc5c6cc(-c7ccccc7)ccc6n(-c6ccc(-c7ccccc7)cc6)c5c43)cc2)cc1. The van der Waals surface area contributed by atoms with Crippen LogP contribution in [0.15, 0.2) is 218 Å². The zero-order valence-corrected chi connectivity index (χ0v) is 30.7. The minimum atomic E-state index is 1.13. The van der Waals surface area contributed by atoms with E-state index in [1.54, 1.807) is 0 Å². The first-order valence-corrected chi connectivity index (χ1v) is 19.3. The second-order valence-electron chi connectivity index (χ2n) is 14.6. The smallest absolute Gasteiger partial charge is 0.0788 e. The van der Waals surface area contributed by atoms with Crippen molar-refractivity contribution < 1.29 is 0 Å². The van der Waals surface area contributed by atoms with Crippen LogP contribution in [0.4, 0.5) is 0 Å².